The minimum Gasteiger partial charge on any atom is -0.352 e. The molecule has 6 nitrogen and oxygen atoms in total. The molecule has 1 aliphatic rings. The summed E-state index contributed by atoms with van der Waals surface area (Å²) in [7, 11) is 0. The van der Waals surface area contributed by atoms with Gasteiger partial charge < -0.3 is 10.6 Å². The second-order valence-corrected chi connectivity index (χ2v) is 5.66. The van der Waals surface area contributed by atoms with Gasteiger partial charge in [-0.25, -0.2) is 0 Å². The van der Waals surface area contributed by atoms with Crippen LogP contribution < -0.4 is 10.6 Å². The number of nitrogens with one attached hydrogen (secondary N) is 2. The molecule has 0 spiro atoms. The summed E-state index contributed by atoms with van der Waals surface area (Å²) in [5, 5.41) is 5.49. The van der Waals surface area contributed by atoms with E-state index in [0.29, 0.717) is 18.5 Å². The first-order chi connectivity index (χ1) is 11.6. The molecule has 0 atom stereocenters. The summed E-state index contributed by atoms with van der Waals surface area (Å²) in [4.78, 5) is 39.4. The van der Waals surface area contributed by atoms with Gasteiger partial charge in [-0.15, -0.1) is 0 Å². The second-order valence-electron chi connectivity index (χ2n) is 5.66. The number of ketones is 1. The van der Waals surface area contributed by atoms with Gasteiger partial charge in [-0.2, -0.15) is 0 Å². The molecule has 0 bridgehead atoms. The number of fused-ring (bicyclic) bond motifs is 1. The number of anilines is 1. The maximum Gasteiger partial charge on any atom is 0.228 e. The fourth-order valence-electron chi connectivity index (χ4n) is 2.57. The molecular formula is C18H17N3O3. The Labute approximate surface area is 139 Å². The number of pyridine rings is 1. The van der Waals surface area contributed by atoms with Gasteiger partial charge in [0.05, 0.1) is 6.42 Å². The van der Waals surface area contributed by atoms with Crippen LogP contribution in [0, 0.1) is 0 Å². The molecule has 24 heavy (non-hydrogen) atoms. The summed E-state index contributed by atoms with van der Waals surface area (Å²) in [6.45, 7) is 0.396. The summed E-state index contributed by atoms with van der Waals surface area (Å²) in [5.74, 6) is -0.344. The Balaban J connectivity index is 1.49. The van der Waals surface area contributed by atoms with Crippen molar-refractivity contribution in [2.24, 2.45) is 0 Å². The Morgan fingerprint density at radius 1 is 1.21 bits per heavy atom. The number of nitrogens with zero attached hydrogens (tertiary/aromatic N) is 1. The van der Waals surface area contributed by atoms with E-state index in [1.54, 1.807) is 36.7 Å². The van der Waals surface area contributed by atoms with Crippen molar-refractivity contribution in [3.63, 3.8) is 0 Å². The normalized spacial score (nSPS) is 12.4. The van der Waals surface area contributed by atoms with Crippen molar-refractivity contribution in [1.82, 2.24) is 10.3 Å². The van der Waals surface area contributed by atoms with Crippen LogP contribution in [0.3, 0.4) is 0 Å². The first kappa shape index (κ1) is 15.9. The molecule has 0 aliphatic carbocycles. The Morgan fingerprint density at radius 3 is 2.88 bits per heavy atom. The molecule has 2 aromatic rings. The minimum absolute atomic E-state index is 0.0654. The van der Waals surface area contributed by atoms with Gasteiger partial charge in [-0.05, 0) is 35.4 Å². The van der Waals surface area contributed by atoms with Crippen LogP contribution in [0.4, 0.5) is 5.69 Å². The number of carbonyl (C=O) groups excluding carboxylic acids is 3. The molecule has 3 rings (SSSR count). The molecule has 2 N–H and O–H groups in total. The number of amides is 2. The number of Topliss-reactive ketones (excluding diaryl/α,β-unsaturated/α-hetero) is 1. The van der Waals surface area contributed by atoms with Gasteiger partial charge in [-0.3, -0.25) is 19.4 Å². The van der Waals surface area contributed by atoms with Crippen LogP contribution in [0.2, 0.25) is 0 Å². The lowest BCUT2D eigenvalue weighted by atomic mass is 10.0. The summed E-state index contributed by atoms with van der Waals surface area (Å²) in [6, 6.07) is 8.82. The first-order valence-corrected chi connectivity index (χ1v) is 7.73. The van der Waals surface area contributed by atoms with Crippen molar-refractivity contribution in [3.8, 4) is 0 Å². The maximum atomic E-state index is 12.2. The highest BCUT2D eigenvalue weighted by atomic mass is 16.2. The molecule has 1 aliphatic heterocycles. The van der Waals surface area contributed by atoms with Gasteiger partial charge in [0.15, 0.2) is 5.78 Å². The van der Waals surface area contributed by atoms with Crippen LogP contribution >= 0.6 is 0 Å². The van der Waals surface area contributed by atoms with Crippen molar-refractivity contribution < 1.29 is 14.4 Å². The lowest BCUT2D eigenvalue weighted by molar-refractivity contribution is -0.121. The van der Waals surface area contributed by atoms with E-state index in [0.717, 1.165) is 16.8 Å². The summed E-state index contributed by atoms with van der Waals surface area (Å²) < 4.78 is 0. The number of hydrogen-bond donors (Lipinski definition) is 2. The molecule has 122 valence electrons. The highest BCUT2D eigenvalue weighted by molar-refractivity contribution is 6.02. The smallest absolute Gasteiger partial charge is 0.228 e. The van der Waals surface area contributed by atoms with E-state index in [1.165, 1.54) is 0 Å². The van der Waals surface area contributed by atoms with Crippen LogP contribution in [0.25, 0.3) is 0 Å². The SMILES string of the molecule is O=C(CCC(=O)c1ccc2c(c1)CC(=O)N2)NCc1cccnc1. The quantitative estimate of drug-likeness (QED) is 0.794. The van der Waals surface area contributed by atoms with E-state index in [1.807, 2.05) is 6.07 Å². The molecule has 6 heteroatoms. The number of carbonyl (C=O) groups is 3. The Kier molecular flexibility index (Phi) is 4.65. The van der Waals surface area contributed by atoms with E-state index in [2.05, 4.69) is 15.6 Å². The lowest BCUT2D eigenvalue weighted by Gasteiger charge is -2.06. The van der Waals surface area contributed by atoms with Gasteiger partial charge in [0.2, 0.25) is 11.8 Å². The van der Waals surface area contributed by atoms with Gasteiger partial charge in [0.1, 0.15) is 0 Å². The largest absolute Gasteiger partial charge is 0.352 e. The number of benzene rings is 1. The lowest BCUT2D eigenvalue weighted by Crippen LogP contribution is -2.23. The Bertz CT molecular complexity index is 787. The van der Waals surface area contributed by atoms with Gasteiger partial charge >= 0.3 is 0 Å². The molecule has 0 radical (unpaired) electrons. The zero-order valence-corrected chi connectivity index (χ0v) is 13.0. The van der Waals surface area contributed by atoms with E-state index >= 15 is 0 Å². The molecule has 0 fully saturated rings. The van der Waals surface area contributed by atoms with E-state index < -0.39 is 0 Å². The predicted octanol–water partition coefficient (Wildman–Crippen LogP) is 1.86. The van der Waals surface area contributed by atoms with E-state index in [9.17, 15) is 14.4 Å². The van der Waals surface area contributed by atoms with Crippen molar-refractivity contribution in [2.75, 3.05) is 5.32 Å². The van der Waals surface area contributed by atoms with Crippen molar-refractivity contribution >= 4 is 23.3 Å². The van der Waals surface area contributed by atoms with Crippen molar-refractivity contribution in [2.45, 2.75) is 25.8 Å². The molecular weight excluding hydrogens is 306 g/mol. The molecule has 0 saturated carbocycles. The minimum atomic E-state index is -0.176. The Morgan fingerprint density at radius 2 is 2.08 bits per heavy atom. The summed E-state index contributed by atoms with van der Waals surface area (Å²) in [6.07, 6.45) is 3.92. The van der Waals surface area contributed by atoms with Crippen LogP contribution in [-0.2, 0) is 22.6 Å². The van der Waals surface area contributed by atoms with E-state index in [4.69, 9.17) is 0 Å². The summed E-state index contributed by atoms with van der Waals surface area (Å²) >= 11 is 0. The number of rotatable bonds is 6. The third-order valence-corrected chi connectivity index (χ3v) is 3.84. The molecule has 2 amide bonds. The monoisotopic (exact) mass is 323 g/mol. The average molecular weight is 323 g/mol. The third kappa shape index (κ3) is 3.84. The first-order valence-electron chi connectivity index (χ1n) is 7.73. The zero-order chi connectivity index (χ0) is 16.9. The standard InChI is InChI=1S/C18H17N3O3/c22-16(13-3-4-15-14(8-13)9-18(24)21-15)5-6-17(23)20-11-12-2-1-7-19-10-12/h1-4,7-8,10H,5-6,9,11H2,(H,20,23)(H,21,24). The number of hydrogen-bond acceptors (Lipinski definition) is 4. The van der Waals surface area contributed by atoms with Gasteiger partial charge in [0.25, 0.3) is 0 Å². The molecule has 1 aromatic heterocycles. The van der Waals surface area contributed by atoms with Crippen LogP contribution in [0.1, 0.15) is 34.3 Å². The van der Waals surface area contributed by atoms with Crippen LogP contribution in [0.5, 0.6) is 0 Å². The highest BCUT2D eigenvalue weighted by Gasteiger charge is 2.19. The highest BCUT2D eigenvalue weighted by Crippen LogP contribution is 2.24. The van der Waals surface area contributed by atoms with Crippen molar-refractivity contribution in [1.29, 1.82) is 0 Å². The molecule has 0 saturated heterocycles. The predicted molar refractivity (Wildman–Crippen MR) is 88.4 cm³/mol. The van der Waals surface area contributed by atoms with Gasteiger partial charge in [-0.1, -0.05) is 6.07 Å². The third-order valence-electron chi connectivity index (χ3n) is 3.84. The molecule has 0 unspecified atom stereocenters. The Hall–Kier alpha value is -3.02. The van der Waals surface area contributed by atoms with E-state index in [-0.39, 0.29) is 30.4 Å². The fourth-order valence-corrected chi connectivity index (χ4v) is 2.57. The van der Waals surface area contributed by atoms with Crippen molar-refractivity contribution in [3.05, 3.63) is 59.4 Å². The zero-order valence-electron chi connectivity index (χ0n) is 13.0. The molecule has 1 aromatic carbocycles. The average Bonchev–Trinajstić information content (AvgIpc) is 2.97. The maximum absolute atomic E-state index is 12.2. The number of aromatic nitrogens is 1. The summed E-state index contributed by atoms with van der Waals surface area (Å²) in [5.41, 5.74) is 3.02. The van der Waals surface area contributed by atoms with Crippen LogP contribution in [-0.4, -0.2) is 22.6 Å². The molecule has 2 heterocycles. The fraction of sp³-hybridized carbons (Fsp3) is 0.222. The second kappa shape index (κ2) is 7.04. The van der Waals surface area contributed by atoms with Gasteiger partial charge in [0, 0.05) is 43.0 Å². The van der Waals surface area contributed by atoms with Crippen LogP contribution in [0.15, 0.2) is 42.7 Å². The topological polar surface area (TPSA) is 88.2 Å².